The Labute approximate surface area is 155 Å². The van der Waals surface area contributed by atoms with Crippen molar-refractivity contribution in [2.24, 2.45) is 0 Å². The summed E-state index contributed by atoms with van der Waals surface area (Å²) in [5, 5.41) is 4.69. The zero-order valence-electron chi connectivity index (χ0n) is 12.6. The smallest absolute Gasteiger partial charge is 0.387 e. The Hall–Kier alpha value is -1.22. The van der Waals surface area contributed by atoms with Crippen LogP contribution in [0.3, 0.4) is 0 Å². The highest BCUT2D eigenvalue weighted by Crippen LogP contribution is 2.29. The number of amides is 1. The molecule has 4 nitrogen and oxygen atoms in total. The molecular weight excluding hydrogens is 426 g/mol. The number of anilines is 1. The Balaban J connectivity index is 1.88. The van der Waals surface area contributed by atoms with E-state index in [2.05, 4.69) is 26.0 Å². The molecule has 0 aliphatic carbocycles. The standard InChI is InChI=1S/C15H14BrClF2N2O2S/c1-21(6-9-4-13(16)24-8-9)7-14(22)20-10-2-3-12(11(17)5-10)23-15(18)19/h2-5,8,15H,6-7H2,1H3,(H,20,22). The van der Waals surface area contributed by atoms with E-state index in [1.54, 1.807) is 11.3 Å². The summed E-state index contributed by atoms with van der Waals surface area (Å²) < 4.78 is 29.6. The van der Waals surface area contributed by atoms with Gasteiger partial charge >= 0.3 is 6.61 Å². The van der Waals surface area contributed by atoms with Gasteiger partial charge in [0.15, 0.2) is 0 Å². The van der Waals surface area contributed by atoms with E-state index in [1.165, 1.54) is 18.2 Å². The Morgan fingerprint density at radius 3 is 2.79 bits per heavy atom. The van der Waals surface area contributed by atoms with Gasteiger partial charge in [-0.2, -0.15) is 8.78 Å². The Kier molecular flexibility index (Phi) is 6.97. The molecule has 0 spiro atoms. The number of rotatable bonds is 7. The number of carbonyl (C=O) groups excluding carboxylic acids is 1. The zero-order valence-corrected chi connectivity index (χ0v) is 15.7. The summed E-state index contributed by atoms with van der Waals surface area (Å²) in [4.78, 5) is 13.9. The molecular formula is C15H14BrClF2N2O2S. The molecule has 9 heteroatoms. The van der Waals surface area contributed by atoms with Crippen LogP contribution in [0, 0.1) is 0 Å². The number of alkyl halides is 2. The van der Waals surface area contributed by atoms with Crippen molar-refractivity contribution in [2.75, 3.05) is 18.9 Å². The molecule has 1 aromatic carbocycles. The highest BCUT2D eigenvalue weighted by Gasteiger charge is 2.12. The van der Waals surface area contributed by atoms with E-state index in [-0.39, 0.29) is 23.2 Å². The van der Waals surface area contributed by atoms with E-state index in [1.807, 2.05) is 23.4 Å². The van der Waals surface area contributed by atoms with Crippen LogP contribution in [0.1, 0.15) is 5.56 Å². The molecule has 0 fully saturated rings. The summed E-state index contributed by atoms with van der Waals surface area (Å²) in [6.07, 6.45) is 0. The molecule has 2 aromatic rings. The van der Waals surface area contributed by atoms with Crippen LogP contribution >= 0.6 is 38.9 Å². The molecule has 1 N–H and O–H groups in total. The van der Waals surface area contributed by atoms with Crippen molar-refractivity contribution in [2.45, 2.75) is 13.2 Å². The first-order valence-electron chi connectivity index (χ1n) is 6.79. The van der Waals surface area contributed by atoms with E-state index < -0.39 is 6.61 Å². The lowest BCUT2D eigenvalue weighted by atomic mass is 10.3. The molecule has 2 rings (SSSR count). The first-order chi connectivity index (χ1) is 11.3. The number of carbonyl (C=O) groups is 1. The molecule has 1 heterocycles. The second kappa shape index (κ2) is 8.75. The minimum atomic E-state index is -2.95. The van der Waals surface area contributed by atoms with Gasteiger partial charge in [0.2, 0.25) is 5.91 Å². The average Bonchev–Trinajstić information content (AvgIpc) is 2.86. The number of ether oxygens (including phenoxy) is 1. The van der Waals surface area contributed by atoms with Crippen LogP contribution in [0.4, 0.5) is 14.5 Å². The van der Waals surface area contributed by atoms with Crippen LogP contribution < -0.4 is 10.1 Å². The second-order valence-electron chi connectivity index (χ2n) is 5.00. The number of nitrogens with one attached hydrogen (secondary N) is 1. The number of halogens is 4. The fraction of sp³-hybridized carbons (Fsp3) is 0.267. The summed E-state index contributed by atoms with van der Waals surface area (Å²) >= 11 is 10.8. The third-order valence-electron chi connectivity index (χ3n) is 2.92. The molecule has 0 saturated heterocycles. The molecule has 0 aliphatic heterocycles. The van der Waals surface area contributed by atoms with Crippen molar-refractivity contribution in [3.63, 3.8) is 0 Å². The molecule has 1 amide bonds. The largest absolute Gasteiger partial charge is 0.433 e. The van der Waals surface area contributed by atoms with Crippen LogP contribution in [0.5, 0.6) is 5.75 Å². The maximum absolute atomic E-state index is 12.2. The summed E-state index contributed by atoms with van der Waals surface area (Å²) in [5.74, 6) is -0.366. The molecule has 0 atom stereocenters. The average molecular weight is 440 g/mol. The van der Waals surface area contributed by atoms with Gasteiger partial charge in [0, 0.05) is 12.2 Å². The van der Waals surface area contributed by atoms with E-state index >= 15 is 0 Å². The molecule has 0 bridgehead atoms. The number of likely N-dealkylation sites (N-methyl/N-ethyl adjacent to an activating group) is 1. The maximum atomic E-state index is 12.2. The monoisotopic (exact) mass is 438 g/mol. The predicted molar refractivity (Wildman–Crippen MR) is 95.1 cm³/mol. The van der Waals surface area contributed by atoms with Gasteiger partial charge in [-0.25, -0.2) is 0 Å². The van der Waals surface area contributed by atoms with E-state index in [4.69, 9.17) is 11.6 Å². The van der Waals surface area contributed by atoms with Gasteiger partial charge in [-0.1, -0.05) is 11.6 Å². The van der Waals surface area contributed by atoms with E-state index in [0.717, 1.165) is 9.35 Å². The minimum Gasteiger partial charge on any atom is -0.433 e. The number of nitrogens with zero attached hydrogens (tertiary/aromatic N) is 1. The molecule has 1 aromatic heterocycles. The highest BCUT2D eigenvalue weighted by atomic mass is 79.9. The lowest BCUT2D eigenvalue weighted by molar-refractivity contribution is -0.117. The summed E-state index contributed by atoms with van der Waals surface area (Å²) in [6, 6.07) is 6.11. The normalized spacial score (nSPS) is 11.1. The van der Waals surface area contributed by atoms with Crippen LogP contribution in [-0.2, 0) is 11.3 Å². The third-order valence-corrected chi connectivity index (χ3v) is 4.77. The van der Waals surface area contributed by atoms with Gasteiger partial charge < -0.3 is 10.1 Å². The van der Waals surface area contributed by atoms with Crippen molar-refractivity contribution < 1.29 is 18.3 Å². The van der Waals surface area contributed by atoms with Gasteiger partial charge in [0.05, 0.1) is 15.4 Å². The molecule has 130 valence electrons. The first-order valence-corrected chi connectivity index (χ1v) is 8.84. The molecule has 0 unspecified atom stereocenters. The van der Waals surface area contributed by atoms with E-state index in [9.17, 15) is 13.6 Å². The second-order valence-corrected chi connectivity index (χ2v) is 7.70. The van der Waals surface area contributed by atoms with Crippen LogP contribution in [-0.4, -0.2) is 31.0 Å². The van der Waals surface area contributed by atoms with Gasteiger partial charge in [0.25, 0.3) is 0 Å². The van der Waals surface area contributed by atoms with Gasteiger partial charge in [-0.3, -0.25) is 9.69 Å². The number of hydrogen-bond donors (Lipinski definition) is 1. The van der Waals surface area contributed by atoms with Crippen molar-refractivity contribution >= 4 is 50.5 Å². The fourth-order valence-corrected chi connectivity index (χ4v) is 3.44. The van der Waals surface area contributed by atoms with Crippen LogP contribution in [0.2, 0.25) is 5.02 Å². The Morgan fingerprint density at radius 1 is 1.46 bits per heavy atom. The zero-order chi connectivity index (χ0) is 17.7. The van der Waals surface area contributed by atoms with Crippen molar-refractivity contribution in [1.82, 2.24) is 4.90 Å². The summed E-state index contributed by atoms with van der Waals surface area (Å²) in [6.45, 7) is -2.13. The van der Waals surface area contributed by atoms with Crippen LogP contribution in [0.15, 0.2) is 33.4 Å². The first kappa shape index (κ1) is 19.1. The van der Waals surface area contributed by atoms with Crippen molar-refractivity contribution in [1.29, 1.82) is 0 Å². The highest BCUT2D eigenvalue weighted by molar-refractivity contribution is 9.11. The lowest BCUT2D eigenvalue weighted by Gasteiger charge is -2.16. The Morgan fingerprint density at radius 2 is 2.21 bits per heavy atom. The number of hydrogen-bond acceptors (Lipinski definition) is 4. The number of thiophene rings is 1. The fourth-order valence-electron chi connectivity index (χ4n) is 2.01. The summed E-state index contributed by atoms with van der Waals surface area (Å²) in [5.41, 5.74) is 1.53. The quantitative estimate of drug-likeness (QED) is 0.671. The Bertz CT molecular complexity index is 715. The van der Waals surface area contributed by atoms with Gasteiger partial charge in [-0.05, 0) is 58.2 Å². The lowest BCUT2D eigenvalue weighted by Crippen LogP contribution is -2.29. The molecule has 0 aliphatic rings. The minimum absolute atomic E-state index is 0.00424. The molecule has 24 heavy (non-hydrogen) atoms. The maximum Gasteiger partial charge on any atom is 0.387 e. The van der Waals surface area contributed by atoms with Crippen molar-refractivity contribution in [3.8, 4) is 5.75 Å². The SMILES string of the molecule is CN(CC(=O)Nc1ccc(OC(F)F)c(Cl)c1)Cc1csc(Br)c1. The predicted octanol–water partition coefficient (Wildman–Crippen LogP) is 4.84. The molecule has 0 radical (unpaired) electrons. The number of benzene rings is 1. The van der Waals surface area contributed by atoms with Crippen molar-refractivity contribution in [3.05, 3.63) is 44.0 Å². The van der Waals surface area contributed by atoms with Gasteiger partial charge in [0.1, 0.15) is 5.75 Å². The van der Waals surface area contributed by atoms with Crippen LogP contribution in [0.25, 0.3) is 0 Å². The van der Waals surface area contributed by atoms with Gasteiger partial charge in [-0.15, -0.1) is 11.3 Å². The third kappa shape index (κ3) is 6.01. The molecule has 0 saturated carbocycles. The topological polar surface area (TPSA) is 41.6 Å². The summed E-state index contributed by atoms with van der Waals surface area (Å²) in [7, 11) is 1.83. The van der Waals surface area contributed by atoms with E-state index in [0.29, 0.717) is 12.2 Å².